The lowest BCUT2D eigenvalue weighted by Gasteiger charge is -2.12. The van der Waals surface area contributed by atoms with Gasteiger partial charge in [0.1, 0.15) is 17.3 Å². The van der Waals surface area contributed by atoms with E-state index in [1.165, 1.54) is 0 Å². The van der Waals surface area contributed by atoms with E-state index >= 15 is 0 Å². The number of anilines is 2. The fourth-order valence-electron chi connectivity index (χ4n) is 3.71. The Morgan fingerprint density at radius 1 is 1.03 bits per heavy atom. The first kappa shape index (κ1) is 21.2. The molecule has 0 fully saturated rings. The van der Waals surface area contributed by atoms with E-state index in [-0.39, 0.29) is 5.91 Å². The number of nitrogens with zero attached hydrogens (tertiary/aromatic N) is 4. The number of H-pyrrole nitrogens is 2. The molecular weight excluding hydrogens is 430 g/mol. The molecule has 3 N–H and O–H groups in total. The summed E-state index contributed by atoms with van der Waals surface area (Å²) in [6.07, 6.45) is 5.30. The van der Waals surface area contributed by atoms with Crippen LogP contribution in [-0.4, -0.2) is 57.2 Å². The van der Waals surface area contributed by atoms with E-state index in [9.17, 15) is 4.79 Å². The third-order valence-electron chi connectivity index (χ3n) is 5.47. The van der Waals surface area contributed by atoms with Gasteiger partial charge in [0.2, 0.25) is 0 Å². The highest BCUT2D eigenvalue weighted by atomic mass is 16.5. The summed E-state index contributed by atoms with van der Waals surface area (Å²) < 4.78 is 5.59. The van der Waals surface area contributed by atoms with Crippen molar-refractivity contribution in [2.75, 3.05) is 26.5 Å². The second-order valence-corrected chi connectivity index (χ2v) is 7.98. The summed E-state index contributed by atoms with van der Waals surface area (Å²) in [4.78, 5) is 26.1. The van der Waals surface area contributed by atoms with E-state index in [2.05, 4.69) is 30.5 Å². The standard InChI is InChI=1S/C25H23N7O2/c1-32(2)25(33)21-10-16-4-5-17(11-20(16)29-21)24-26-9-8-23(31-24)30-19-7-6-15(12-22(19)34-3)18-13-27-28-14-18/h4-14,29H,1-3H3,(H,27,28)(H,26,30,31). The van der Waals surface area contributed by atoms with Crippen molar-refractivity contribution >= 4 is 28.3 Å². The monoisotopic (exact) mass is 453 g/mol. The van der Waals surface area contributed by atoms with Crippen LogP contribution in [0.3, 0.4) is 0 Å². The Kier molecular flexibility index (Phi) is 5.43. The summed E-state index contributed by atoms with van der Waals surface area (Å²) in [6.45, 7) is 0. The fraction of sp³-hybridized carbons (Fsp3) is 0.120. The van der Waals surface area contributed by atoms with Crippen LogP contribution in [0.15, 0.2) is 67.1 Å². The van der Waals surface area contributed by atoms with Gasteiger partial charge >= 0.3 is 0 Å². The highest BCUT2D eigenvalue weighted by molar-refractivity contribution is 5.98. The minimum Gasteiger partial charge on any atom is -0.495 e. The largest absolute Gasteiger partial charge is 0.495 e. The van der Waals surface area contributed by atoms with Crippen LogP contribution < -0.4 is 10.1 Å². The Morgan fingerprint density at radius 2 is 1.88 bits per heavy atom. The number of rotatable bonds is 6. The topological polar surface area (TPSA) is 112 Å². The first-order chi connectivity index (χ1) is 16.5. The zero-order valence-electron chi connectivity index (χ0n) is 19.0. The van der Waals surface area contributed by atoms with Crippen molar-refractivity contribution in [3.05, 3.63) is 72.8 Å². The maximum Gasteiger partial charge on any atom is 0.269 e. The molecule has 5 aromatic rings. The average molecular weight is 454 g/mol. The van der Waals surface area contributed by atoms with Gasteiger partial charge in [-0.3, -0.25) is 9.89 Å². The number of aromatic amines is 2. The number of hydrogen-bond acceptors (Lipinski definition) is 6. The van der Waals surface area contributed by atoms with E-state index < -0.39 is 0 Å². The number of carbonyl (C=O) groups is 1. The van der Waals surface area contributed by atoms with Gasteiger partial charge in [0.15, 0.2) is 5.82 Å². The van der Waals surface area contributed by atoms with E-state index in [0.29, 0.717) is 23.1 Å². The number of amides is 1. The maximum atomic E-state index is 12.3. The van der Waals surface area contributed by atoms with Crippen LogP contribution in [0.4, 0.5) is 11.5 Å². The van der Waals surface area contributed by atoms with E-state index in [0.717, 1.165) is 33.3 Å². The van der Waals surface area contributed by atoms with Crippen LogP contribution in [0.1, 0.15) is 10.5 Å². The summed E-state index contributed by atoms with van der Waals surface area (Å²) in [5.74, 6) is 1.81. The van der Waals surface area contributed by atoms with E-state index in [1.807, 2.05) is 48.7 Å². The van der Waals surface area contributed by atoms with Crippen LogP contribution in [0.5, 0.6) is 5.75 Å². The number of methoxy groups -OCH3 is 1. The molecular formula is C25H23N7O2. The average Bonchev–Trinajstić information content (AvgIpc) is 3.54. The van der Waals surface area contributed by atoms with Crippen LogP contribution in [-0.2, 0) is 0 Å². The lowest BCUT2D eigenvalue weighted by Crippen LogP contribution is -2.21. The van der Waals surface area contributed by atoms with Gasteiger partial charge in [-0.05, 0) is 35.9 Å². The lowest BCUT2D eigenvalue weighted by molar-refractivity contribution is 0.0823. The van der Waals surface area contributed by atoms with Gasteiger partial charge in [0.05, 0.1) is 19.0 Å². The first-order valence-electron chi connectivity index (χ1n) is 10.6. The van der Waals surface area contributed by atoms with Gasteiger partial charge in [0, 0.05) is 48.5 Å². The molecule has 0 bridgehead atoms. The zero-order valence-corrected chi connectivity index (χ0v) is 19.0. The van der Waals surface area contributed by atoms with Crippen LogP contribution in [0.25, 0.3) is 33.4 Å². The number of fused-ring (bicyclic) bond motifs is 1. The molecule has 170 valence electrons. The Hall–Kier alpha value is -4.66. The quantitative estimate of drug-likeness (QED) is 0.350. The molecule has 0 aliphatic carbocycles. The summed E-state index contributed by atoms with van der Waals surface area (Å²) in [7, 11) is 5.09. The normalized spacial score (nSPS) is 10.9. The molecule has 2 aromatic carbocycles. The minimum absolute atomic E-state index is 0.0760. The van der Waals surface area contributed by atoms with Gasteiger partial charge in [0.25, 0.3) is 5.91 Å². The molecule has 9 heteroatoms. The first-order valence-corrected chi connectivity index (χ1v) is 10.6. The minimum atomic E-state index is -0.0760. The summed E-state index contributed by atoms with van der Waals surface area (Å²) >= 11 is 0. The molecule has 34 heavy (non-hydrogen) atoms. The van der Waals surface area contributed by atoms with E-state index in [4.69, 9.17) is 4.74 Å². The number of nitrogens with one attached hydrogen (secondary N) is 3. The van der Waals surface area contributed by atoms with E-state index in [1.54, 1.807) is 44.6 Å². The number of hydrogen-bond donors (Lipinski definition) is 3. The Labute approximate surface area is 195 Å². The predicted molar refractivity (Wildman–Crippen MR) is 131 cm³/mol. The predicted octanol–water partition coefficient (Wildman–Crippen LogP) is 4.47. The van der Waals surface area contributed by atoms with Crippen molar-refractivity contribution in [3.63, 3.8) is 0 Å². The molecule has 0 unspecified atom stereocenters. The number of ether oxygens (including phenoxy) is 1. The molecule has 3 heterocycles. The van der Waals surface area contributed by atoms with Gasteiger partial charge in [-0.2, -0.15) is 5.10 Å². The smallest absolute Gasteiger partial charge is 0.269 e. The maximum absolute atomic E-state index is 12.3. The molecule has 0 aliphatic rings. The molecule has 0 radical (unpaired) electrons. The Morgan fingerprint density at radius 3 is 2.65 bits per heavy atom. The van der Waals surface area contributed by atoms with Gasteiger partial charge in [-0.15, -0.1) is 0 Å². The number of benzene rings is 2. The van der Waals surface area contributed by atoms with Crippen molar-refractivity contribution in [2.24, 2.45) is 0 Å². The molecule has 5 rings (SSSR count). The molecule has 0 atom stereocenters. The molecule has 0 saturated carbocycles. The van der Waals surface area contributed by atoms with Gasteiger partial charge < -0.3 is 19.9 Å². The van der Waals surface area contributed by atoms with Crippen molar-refractivity contribution in [1.29, 1.82) is 0 Å². The van der Waals surface area contributed by atoms with Crippen molar-refractivity contribution < 1.29 is 9.53 Å². The highest BCUT2D eigenvalue weighted by Gasteiger charge is 2.13. The third kappa shape index (κ3) is 4.06. The number of carbonyl (C=O) groups excluding carboxylic acids is 1. The molecule has 3 aromatic heterocycles. The molecule has 0 aliphatic heterocycles. The third-order valence-corrected chi connectivity index (χ3v) is 5.47. The Bertz CT molecular complexity index is 1470. The summed E-state index contributed by atoms with van der Waals surface area (Å²) in [5.41, 5.74) is 4.98. The second kappa shape index (κ2) is 8.70. The summed E-state index contributed by atoms with van der Waals surface area (Å²) in [5, 5.41) is 11.1. The molecule has 1 amide bonds. The van der Waals surface area contributed by atoms with Crippen molar-refractivity contribution in [2.45, 2.75) is 0 Å². The van der Waals surface area contributed by atoms with Gasteiger partial charge in [-0.1, -0.05) is 18.2 Å². The number of aromatic nitrogens is 5. The second-order valence-electron chi connectivity index (χ2n) is 7.98. The van der Waals surface area contributed by atoms with Crippen LogP contribution in [0, 0.1) is 0 Å². The van der Waals surface area contributed by atoms with Crippen molar-refractivity contribution in [3.8, 4) is 28.3 Å². The highest BCUT2D eigenvalue weighted by Crippen LogP contribution is 2.32. The van der Waals surface area contributed by atoms with Crippen molar-refractivity contribution in [1.82, 2.24) is 30.0 Å². The van der Waals surface area contributed by atoms with Gasteiger partial charge in [-0.25, -0.2) is 9.97 Å². The molecule has 9 nitrogen and oxygen atoms in total. The SMILES string of the molecule is COc1cc(-c2cn[nH]c2)ccc1Nc1ccnc(-c2ccc3cc(C(=O)N(C)C)[nH]c3c2)n1. The fourth-order valence-corrected chi connectivity index (χ4v) is 3.71. The van der Waals surface area contributed by atoms with Crippen LogP contribution in [0.2, 0.25) is 0 Å². The Balaban J connectivity index is 1.43. The molecule has 0 spiro atoms. The van der Waals surface area contributed by atoms with Crippen LogP contribution >= 0.6 is 0 Å². The summed E-state index contributed by atoms with van der Waals surface area (Å²) in [6, 6.07) is 15.4. The molecule has 0 saturated heterocycles. The lowest BCUT2D eigenvalue weighted by atomic mass is 10.1. The zero-order chi connectivity index (χ0) is 23.7.